The van der Waals surface area contributed by atoms with Gasteiger partial charge in [0.15, 0.2) is 0 Å². The molecule has 0 radical (unpaired) electrons. The molecule has 1 atom stereocenters. The third-order valence-corrected chi connectivity index (χ3v) is 2.52. The molecular weight excluding hydrogens is 216 g/mol. The van der Waals surface area contributed by atoms with Gasteiger partial charge in [0.2, 0.25) is 0 Å². The molecule has 0 aromatic heterocycles. The minimum Gasteiger partial charge on any atom is -0.480 e. The van der Waals surface area contributed by atoms with Crippen molar-refractivity contribution in [2.45, 2.75) is 24.9 Å². The number of nitrogens with one attached hydrogen (secondary N) is 1. The van der Waals surface area contributed by atoms with Gasteiger partial charge >= 0.3 is 5.97 Å². The lowest BCUT2D eigenvalue weighted by molar-refractivity contribution is -0.139. The summed E-state index contributed by atoms with van der Waals surface area (Å²) in [5.74, 6) is -2.93. The van der Waals surface area contributed by atoms with Crippen LogP contribution in [0.1, 0.15) is 24.4 Å². The number of rotatable bonds is 4. The van der Waals surface area contributed by atoms with Gasteiger partial charge in [-0.2, -0.15) is 0 Å². The summed E-state index contributed by atoms with van der Waals surface area (Å²) in [4.78, 5) is 11.0. The second-order valence-electron chi connectivity index (χ2n) is 3.85. The molecule has 1 fully saturated rings. The molecule has 1 unspecified atom stereocenters. The molecule has 1 aliphatic rings. The first-order valence-electron chi connectivity index (χ1n) is 5.02. The third-order valence-electron chi connectivity index (χ3n) is 2.52. The van der Waals surface area contributed by atoms with E-state index in [1.807, 2.05) is 0 Å². The molecule has 2 N–H and O–H groups in total. The molecule has 16 heavy (non-hydrogen) atoms. The molecule has 3 nitrogen and oxygen atoms in total. The molecule has 0 aliphatic heterocycles. The van der Waals surface area contributed by atoms with E-state index in [2.05, 4.69) is 5.32 Å². The topological polar surface area (TPSA) is 49.3 Å². The molecule has 1 aromatic rings. The summed E-state index contributed by atoms with van der Waals surface area (Å²) in [7, 11) is 0. The summed E-state index contributed by atoms with van der Waals surface area (Å²) >= 11 is 0. The fourth-order valence-corrected chi connectivity index (χ4v) is 1.55. The van der Waals surface area contributed by atoms with Gasteiger partial charge in [-0.25, -0.2) is 8.78 Å². The predicted molar refractivity (Wildman–Crippen MR) is 52.9 cm³/mol. The Morgan fingerprint density at radius 2 is 1.94 bits per heavy atom. The van der Waals surface area contributed by atoms with Crippen LogP contribution in [0, 0.1) is 11.6 Å². The fraction of sp³-hybridized carbons (Fsp3) is 0.364. The summed E-state index contributed by atoms with van der Waals surface area (Å²) in [6.45, 7) is 0. The molecule has 0 amide bonds. The fourth-order valence-electron chi connectivity index (χ4n) is 1.55. The average molecular weight is 227 g/mol. The van der Waals surface area contributed by atoms with Gasteiger partial charge < -0.3 is 5.11 Å². The number of carbonyl (C=O) groups is 1. The smallest absolute Gasteiger partial charge is 0.325 e. The molecule has 0 heterocycles. The molecule has 86 valence electrons. The minimum absolute atomic E-state index is 0.0557. The number of halogens is 2. The lowest BCUT2D eigenvalue weighted by Crippen LogP contribution is -2.31. The van der Waals surface area contributed by atoms with E-state index in [1.165, 1.54) is 6.07 Å². The van der Waals surface area contributed by atoms with Gasteiger partial charge in [-0.15, -0.1) is 0 Å². The van der Waals surface area contributed by atoms with Crippen molar-refractivity contribution in [1.82, 2.24) is 5.32 Å². The Kier molecular flexibility index (Phi) is 2.87. The van der Waals surface area contributed by atoms with E-state index in [1.54, 1.807) is 0 Å². The standard InChI is InChI=1S/C11H11F2NO2/c12-7-2-1-3-8(13)9(7)10(11(15)16)14-6-4-5-6/h1-3,6,10,14H,4-5H2,(H,15,16). The Morgan fingerprint density at radius 1 is 1.38 bits per heavy atom. The van der Waals surface area contributed by atoms with Gasteiger partial charge in [0.25, 0.3) is 0 Å². The summed E-state index contributed by atoms with van der Waals surface area (Å²) < 4.78 is 26.8. The lowest BCUT2D eigenvalue weighted by Gasteiger charge is -2.15. The third kappa shape index (κ3) is 2.19. The monoisotopic (exact) mass is 227 g/mol. The van der Waals surface area contributed by atoms with Crippen molar-refractivity contribution in [3.05, 3.63) is 35.4 Å². The summed E-state index contributed by atoms with van der Waals surface area (Å²) in [6.07, 6.45) is 1.69. The number of carboxylic acid groups (broad SMARTS) is 1. The molecule has 1 aliphatic carbocycles. The van der Waals surface area contributed by atoms with Crippen LogP contribution in [-0.4, -0.2) is 17.1 Å². The Bertz CT molecular complexity index is 398. The first-order chi connectivity index (χ1) is 7.59. The minimum atomic E-state index is -1.31. The summed E-state index contributed by atoms with van der Waals surface area (Å²) in [5, 5.41) is 11.7. The molecular formula is C11H11F2NO2. The number of hydrogen-bond donors (Lipinski definition) is 2. The normalized spacial score (nSPS) is 17.1. The van der Waals surface area contributed by atoms with E-state index in [-0.39, 0.29) is 6.04 Å². The molecule has 0 saturated heterocycles. The van der Waals surface area contributed by atoms with Crippen molar-refractivity contribution < 1.29 is 18.7 Å². The number of aliphatic carboxylic acids is 1. The first kappa shape index (κ1) is 11.0. The van der Waals surface area contributed by atoms with Crippen molar-refractivity contribution >= 4 is 5.97 Å². The Morgan fingerprint density at radius 3 is 2.38 bits per heavy atom. The van der Waals surface area contributed by atoms with E-state index in [0.29, 0.717) is 0 Å². The van der Waals surface area contributed by atoms with Crippen molar-refractivity contribution in [3.63, 3.8) is 0 Å². The van der Waals surface area contributed by atoms with E-state index >= 15 is 0 Å². The van der Waals surface area contributed by atoms with Gasteiger partial charge in [0, 0.05) is 6.04 Å². The van der Waals surface area contributed by atoms with Gasteiger partial charge in [-0.1, -0.05) is 6.07 Å². The maximum atomic E-state index is 13.4. The Balaban J connectivity index is 2.33. The van der Waals surface area contributed by atoms with Crippen molar-refractivity contribution in [1.29, 1.82) is 0 Å². The molecule has 2 rings (SSSR count). The van der Waals surface area contributed by atoms with Gasteiger partial charge in [0.1, 0.15) is 17.7 Å². The van der Waals surface area contributed by atoms with Gasteiger partial charge in [-0.05, 0) is 25.0 Å². The van der Waals surface area contributed by atoms with Gasteiger partial charge in [0.05, 0.1) is 5.56 Å². The zero-order chi connectivity index (χ0) is 11.7. The van der Waals surface area contributed by atoms with Gasteiger partial charge in [-0.3, -0.25) is 10.1 Å². The van der Waals surface area contributed by atoms with E-state index in [0.717, 1.165) is 25.0 Å². The molecule has 1 saturated carbocycles. The molecule has 0 spiro atoms. The zero-order valence-electron chi connectivity index (χ0n) is 8.41. The average Bonchev–Trinajstić information content (AvgIpc) is 2.99. The molecule has 1 aromatic carbocycles. The van der Waals surface area contributed by atoms with Crippen LogP contribution in [0.4, 0.5) is 8.78 Å². The van der Waals surface area contributed by atoms with Crippen LogP contribution >= 0.6 is 0 Å². The lowest BCUT2D eigenvalue weighted by atomic mass is 10.1. The van der Waals surface area contributed by atoms with E-state index in [4.69, 9.17) is 5.11 Å². The first-order valence-corrected chi connectivity index (χ1v) is 5.02. The van der Waals surface area contributed by atoms with Crippen LogP contribution in [0.5, 0.6) is 0 Å². The molecule has 5 heteroatoms. The van der Waals surface area contributed by atoms with Crippen molar-refractivity contribution in [2.75, 3.05) is 0 Å². The van der Waals surface area contributed by atoms with Crippen LogP contribution in [0.3, 0.4) is 0 Å². The molecule has 0 bridgehead atoms. The van der Waals surface area contributed by atoms with Crippen LogP contribution in [0.15, 0.2) is 18.2 Å². The highest BCUT2D eigenvalue weighted by atomic mass is 19.1. The maximum Gasteiger partial charge on any atom is 0.325 e. The van der Waals surface area contributed by atoms with E-state index in [9.17, 15) is 13.6 Å². The highest BCUT2D eigenvalue weighted by Gasteiger charge is 2.32. The summed E-state index contributed by atoms with van der Waals surface area (Å²) in [6, 6.07) is 2.07. The number of hydrogen-bond acceptors (Lipinski definition) is 2. The van der Waals surface area contributed by atoms with Crippen LogP contribution in [0.2, 0.25) is 0 Å². The highest BCUT2D eigenvalue weighted by Crippen LogP contribution is 2.27. The maximum absolute atomic E-state index is 13.4. The number of benzene rings is 1. The Labute approximate surface area is 91.1 Å². The Hall–Kier alpha value is -1.49. The van der Waals surface area contributed by atoms with Crippen molar-refractivity contribution in [3.8, 4) is 0 Å². The summed E-state index contributed by atoms with van der Waals surface area (Å²) in [5.41, 5.74) is -0.415. The highest BCUT2D eigenvalue weighted by molar-refractivity contribution is 5.75. The van der Waals surface area contributed by atoms with Crippen LogP contribution in [0.25, 0.3) is 0 Å². The largest absolute Gasteiger partial charge is 0.480 e. The zero-order valence-corrected chi connectivity index (χ0v) is 8.41. The van der Waals surface area contributed by atoms with Crippen LogP contribution < -0.4 is 5.32 Å². The predicted octanol–water partition coefficient (Wildman–Crippen LogP) is 1.84. The second kappa shape index (κ2) is 4.17. The quantitative estimate of drug-likeness (QED) is 0.825. The second-order valence-corrected chi connectivity index (χ2v) is 3.85. The number of carboxylic acids is 1. The van der Waals surface area contributed by atoms with Crippen molar-refractivity contribution in [2.24, 2.45) is 0 Å². The van der Waals surface area contributed by atoms with Crippen LogP contribution in [-0.2, 0) is 4.79 Å². The van der Waals surface area contributed by atoms with E-state index < -0.39 is 29.2 Å². The SMILES string of the molecule is O=C(O)C(NC1CC1)c1c(F)cccc1F.